The molecule has 0 saturated carbocycles. The molecule has 7 nitrogen and oxygen atoms in total. The smallest absolute Gasteiger partial charge is 0.183 e. The molecule has 7 heteroatoms. The van der Waals surface area contributed by atoms with Crippen LogP contribution in [-0.2, 0) is 25.6 Å². The molecule has 2 aromatic rings. The lowest BCUT2D eigenvalue weighted by Gasteiger charge is -2.48. The molecular formula is C23H27NO6. The zero-order valence-corrected chi connectivity index (χ0v) is 17.0. The summed E-state index contributed by atoms with van der Waals surface area (Å²) in [6.07, 6.45) is -1.30. The van der Waals surface area contributed by atoms with Crippen LogP contribution >= 0.6 is 0 Å². The summed E-state index contributed by atoms with van der Waals surface area (Å²) >= 11 is 0. The van der Waals surface area contributed by atoms with Crippen LogP contribution in [0.2, 0.25) is 0 Å². The van der Waals surface area contributed by atoms with Crippen molar-refractivity contribution >= 4 is 6.21 Å². The molecule has 2 heterocycles. The van der Waals surface area contributed by atoms with Crippen LogP contribution in [0.25, 0.3) is 0 Å². The average molecular weight is 413 g/mol. The van der Waals surface area contributed by atoms with Crippen molar-refractivity contribution in [2.45, 2.75) is 56.9 Å². The number of ether oxygens (including phenoxy) is 4. The number of hydrogen-bond donors (Lipinski definition) is 2. The van der Waals surface area contributed by atoms with Gasteiger partial charge in [-0.3, -0.25) is 4.99 Å². The standard InChI is InChI=1S/C23H27NO6/c1-23(2)28-14-18-21(30-23)20(26)19(24-12-16-10-6-7-11-17(16)25)22(29-18)27-13-15-8-4-3-5-9-15/h3-12,18-22,25-26H,13-14H2,1-2H3/t18-,19-,20-,21-,22+/m1/s1. The third kappa shape index (κ3) is 4.71. The van der Waals surface area contributed by atoms with Gasteiger partial charge in [-0.2, -0.15) is 0 Å². The highest BCUT2D eigenvalue weighted by molar-refractivity contribution is 5.83. The van der Waals surface area contributed by atoms with Gasteiger partial charge < -0.3 is 29.2 Å². The van der Waals surface area contributed by atoms with Crippen LogP contribution < -0.4 is 0 Å². The number of fused-ring (bicyclic) bond motifs is 1. The van der Waals surface area contributed by atoms with Crippen LogP contribution in [0.3, 0.4) is 0 Å². The molecule has 0 aliphatic carbocycles. The van der Waals surface area contributed by atoms with Crippen molar-refractivity contribution in [3.8, 4) is 5.75 Å². The highest BCUT2D eigenvalue weighted by Gasteiger charge is 2.51. The number of para-hydroxylation sites is 1. The third-order valence-electron chi connectivity index (χ3n) is 5.24. The van der Waals surface area contributed by atoms with Gasteiger partial charge >= 0.3 is 0 Å². The zero-order chi connectivity index (χ0) is 21.1. The number of aromatic hydroxyl groups is 1. The third-order valence-corrected chi connectivity index (χ3v) is 5.24. The van der Waals surface area contributed by atoms with Gasteiger partial charge in [0.1, 0.15) is 30.1 Å². The molecule has 0 unspecified atom stereocenters. The first-order valence-electron chi connectivity index (χ1n) is 10.0. The molecule has 30 heavy (non-hydrogen) atoms. The Balaban J connectivity index is 1.56. The van der Waals surface area contributed by atoms with Gasteiger partial charge in [0.05, 0.1) is 13.2 Å². The summed E-state index contributed by atoms with van der Waals surface area (Å²) in [7, 11) is 0. The van der Waals surface area contributed by atoms with Gasteiger partial charge in [0, 0.05) is 11.8 Å². The van der Waals surface area contributed by atoms with E-state index in [9.17, 15) is 10.2 Å². The Morgan fingerprint density at radius 3 is 2.63 bits per heavy atom. The van der Waals surface area contributed by atoms with Crippen LogP contribution in [0.5, 0.6) is 5.75 Å². The fourth-order valence-corrected chi connectivity index (χ4v) is 3.64. The summed E-state index contributed by atoms with van der Waals surface area (Å²) in [6.45, 7) is 4.20. The molecule has 4 rings (SSSR count). The van der Waals surface area contributed by atoms with Crippen LogP contribution in [0.15, 0.2) is 59.6 Å². The van der Waals surface area contributed by atoms with E-state index in [0.717, 1.165) is 5.56 Å². The first-order chi connectivity index (χ1) is 14.4. The Labute approximate surface area is 175 Å². The van der Waals surface area contributed by atoms with Gasteiger partial charge in [-0.1, -0.05) is 42.5 Å². The normalized spacial score (nSPS) is 30.8. The van der Waals surface area contributed by atoms with Crippen molar-refractivity contribution in [3.05, 3.63) is 65.7 Å². The Morgan fingerprint density at radius 2 is 1.87 bits per heavy atom. The quantitative estimate of drug-likeness (QED) is 0.733. The topological polar surface area (TPSA) is 89.7 Å². The molecule has 2 aromatic carbocycles. The number of aliphatic imine (C=N–C) groups is 1. The first-order valence-corrected chi connectivity index (χ1v) is 10.0. The molecule has 0 aromatic heterocycles. The SMILES string of the molecule is CC1(C)OC[C@H]2O[C@H](OCc3ccccc3)[C@H](N=Cc3ccccc3O)[C@@H](O)[C@@H]2O1. The number of aliphatic hydroxyl groups is 1. The summed E-state index contributed by atoms with van der Waals surface area (Å²) in [5, 5.41) is 21.1. The predicted octanol–water partition coefficient (Wildman–Crippen LogP) is 2.63. The van der Waals surface area contributed by atoms with Crippen molar-refractivity contribution < 1.29 is 29.2 Å². The lowest BCUT2D eigenvalue weighted by molar-refractivity contribution is -0.368. The van der Waals surface area contributed by atoms with E-state index in [2.05, 4.69) is 4.99 Å². The van der Waals surface area contributed by atoms with Gasteiger partial charge in [0.15, 0.2) is 12.1 Å². The summed E-state index contributed by atoms with van der Waals surface area (Å²) < 4.78 is 23.7. The molecule has 0 amide bonds. The van der Waals surface area contributed by atoms with Gasteiger partial charge in [0.2, 0.25) is 0 Å². The maximum absolute atomic E-state index is 11.1. The van der Waals surface area contributed by atoms with Crippen molar-refractivity contribution in [1.82, 2.24) is 0 Å². The van der Waals surface area contributed by atoms with Gasteiger partial charge in [0.25, 0.3) is 0 Å². The minimum atomic E-state index is -0.963. The van der Waals surface area contributed by atoms with E-state index in [4.69, 9.17) is 18.9 Å². The van der Waals surface area contributed by atoms with E-state index in [-0.39, 0.29) is 12.4 Å². The van der Waals surface area contributed by atoms with Crippen molar-refractivity contribution in [1.29, 1.82) is 0 Å². The van der Waals surface area contributed by atoms with Gasteiger partial charge in [-0.15, -0.1) is 0 Å². The van der Waals surface area contributed by atoms with E-state index in [1.54, 1.807) is 38.1 Å². The number of aliphatic hydroxyl groups excluding tert-OH is 1. The minimum Gasteiger partial charge on any atom is -0.507 e. The molecule has 2 aliphatic rings. The molecular weight excluding hydrogens is 386 g/mol. The van der Waals surface area contributed by atoms with Crippen molar-refractivity contribution in [2.75, 3.05) is 6.61 Å². The first kappa shape index (κ1) is 21.0. The van der Waals surface area contributed by atoms with Crippen LogP contribution in [0.4, 0.5) is 0 Å². The predicted molar refractivity (Wildman–Crippen MR) is 110 cm³/mol. The fraction of sp³-hybridized carbons (Fsp3) is 0.435. The highest BCUT2D eigenvalue weighted by atomic mass is 16.8. The van der Waals surface area contributed by atoms with E-state index < -0.39 is 36.4 Å². The summed E-state index contributed by atoms with van der Waals surface area (Å²) in [4.78, 5) is 4.52. The van der Waals surface area contributed by atoms with Crippen molar-refractivity contribution in [2.24, 2.45) is 4.99 Å². The molecule has 5 atom stereocenters. The van der Waals surface area contributed by atoms with Gasteiger partial charge in [-0.25, -0.2) is 0 Å². The Morgan fingerprint density at radius 1 is 1.13 bits per heavy atom. The lowest BCUT2D eigenvalue weighted by atomic mass is 9.95. The summed E-state index contributed by atoms with van der Waals surface area (Å²) in [6, 6.07) is 15.8. The molecule has 0 spiro atoms. The number of rotatable bonds is 5. The zero-order valence-electron chi connectivity index (χ0n) is 17.0. The molecule has 0 radical (unpaired) electrons. The Bertz CT molecular complexity index is 871. The molecule has 2 aliphatic heterocycles. The Kier molecular flexibility index (Phi) is 6.17. The Hall–Kier alpha value is -2.29. The second-order valence-corrected chi connectivity index (χ2v) is 7.95. The second kappa shape index (κ2) is 8.83. The monoisotopic (exact) mass is 413 g/mol. The largest absolute Gasteiger partial charge is 0.507 e. The number of nitrogens with zero attached hydrogens (tertiary/aromatic N) is 1. The second-order valence-electron chi connectivity index (χ2n) is 7.95. The van der Waals surface area contributed by atoms with E-state index in [0.29, 0.717) is 12.2 Å². The van der Waals surface area contributed by atoms with Crippen LogP contribution in [-0.4, -0.2) is 59.5 Å². The van der Waals surface area contributed by atoms with E-state index in [1.807, 2.05) is 30.3 Å². The molecule has 2 saturated heterocycles. The fourth-order valence-electron chi connectivity index (χ4n) is 3.64. The van der Waals surface area contributed by atoms with E-state index in [1.165, 1.54) is 6.21 Å². The minimum absolute atomic E-state index is 0.107. The number of phenolic OH excluding ortho intramolecular Hbond substituents is 1. The average Bonchev–Trinajstić information content (AvgIpc) is 2.74. The number of hydrogen-bond acceptors (Lipinski definition) is 7. The summed E-state index contributed by atoms with van der Waals surface area (Å²) in [5.41, 5.74) is 1.53. The van der Waals surface area contributed by atoms with Crippen LogP contribution in [0, 0.1) is 0 Å². The molecule has 0 bridgehead atoms. The number of benzene rings is 2. The van der Waals surface area contributed by atoms with Crippen molar-refractivity contribution in [3.63, 3.8) is 0 Å². The highest BCUT2D eigenvalue weighted by Crippen LogP contribution is 2.34. The molecule has 2 N–H and O–H groups in total. The van der Waals surface area contributed by atoms with E-state index >= 15 is 0 Å². The lowest BCUT2D eigenvalue weighted by Crippen LogP contribution is -2.64. The molecule has 160 valence electrons. The maximum atomic E-state index is 11.1. The number of phenols is 1. The maximum Gasteiger partial charge on any atom is 0.183 e. The van der Waals surface area contributed by atoms with Gasteiger partial charge in [-0.05, 0) is 31.5 Å². The van der Waals surface area contributed by atoms with Crippen LogP contribution in [0.1, 0.15) is 25.0 Å². The summed E-state index contributed by atoms with van der Waals surface area (Å²) in [5.74, 6) is -0.717. The molecule has 2 fully saturated rings.